The fourth-order valence-corrected chi connectivity index (χ4v) is 8.59. The molecular formula is C53H51F2N. The largest absolute Gasteiger partial charge is 0.310 e. The molecule has 7 aromatic carbocycles. The molecular weight excluding hydrogens is 689 g/mol. The van der Waals surface area contributed by atoms with Crippen molar-refractivity contribution in [2.75, 3.05) is 4.90 Å². The minimum absolute atomic E-state index is 0.0517. The molecule has 0 saturated carbocycles. The van der Waals surface area contributed by atoms with Crippen LogP contribution in [0.1, 0.15) is 77.8 Å². The zero-order chi connectivity index (χ0) is 39.9. The molecule has 0 amide bonds. The third-order valence-electron chi connectivity index (χ3n) is 11.5. The maximum atomic E-state index is 13.9. The van der Waals surface area contributed by atoms with Gasteiger partial charge < -0.3 is 4.90 Å². The van der Waals surface area contributed by atoms with Gasteiger partial charge in [-0.15, -0.1) is 0 Å². The molecule has 1 nitrogen and oxygen atoms in total. The predicted octanol–water partition coefficient (Wildman–Crippen LogP) is 15.0. The van der Waals surface area contributed by atoms with Crippen LogP contribution >= 0.6 is 0 Å². The monoisotopic (exact) mass is 739 g/mol. The smallest absolute Gasteiger partial charge is 0.123 e. The van der Waals surface area contributed by atoms with Crippen molar-refractivity contribution in [3.8, 4) is 22.3 Å². The zero-order valence-corrected chi connectivity index (χ0v) is 34.1. The van der Waals surface area contributed by atoms with Crippen LogP contribution in [0.5, 0.6) is 0 Å². The lowest BCUT2D eigenvalue weighted by Gasteiger charge is -2.29. The molecule has 0 aromatic heterocycles. The molecule has 282 valence electrons. The Morgan fingerprint density at radius 2 is 0.804 bits per heavy atom. The minimum atomic E-state index is -0.230. The van der Waals surface area contributed by atoms with Gasteiger partial charge in [-0.2, -0.15) is 0 Å². The highest BCUT2D eigenvalue weighted by molar-refractivity contribution is 5.93. The van der Waals surface area contributed by atoms with Crippen molar-refractivity contribution in [2.45, 2.75) is 73.1 Å². The Kier molecular flexibility index (Phi) is 10.3. The summed E-state index contributed by atoms with van der Waals surface area (Å²) < 4.78 is 26.0. The lowest BCUT2D eigenvalue weighted by atomic mass is 9.79. The Balaban J connectivity index is 0.000000267. The van der Waals surface area contributed by atoms with E-state index in [-0.39, 0.29) is 22.5 Å². The first-order valence-corrected chi connectivity index (χ1v) is 19.5. The van der Waals surface area contributed by atoms with E-state index in [4.69, 9.17) is 0 Å². The molecule has 0 N–H and O–H groups in total. The number of fused-ring (bicyclic) bond motifs is 6. The van der Waals surface area contributed by atoms with Gasteiger partial charge in [0.1, 0.15) is 11.6 Å². The quantitative estimate of drug-likeness (QED) is 0.174. The summed E-state index contributed by atoms with van der Waals surface area (Å²) in [6.07, 6.45) is 0. The lowest BCUT2D eigenvalue weighted by molar-refractivity contribution is 0.627. The van der Waals surface area contributed by atoms with Crippen LogP contribution in [0.4, 0.5) is 25.8 Å². The average molecular weight is 740 g/mol. The number of para-hydroxylation sites is 1. The van der Waals surface area contributed by atoms with Gasteiger partial charge in [0, 0.05) is 27.9 Å². The standard InChI is InChI=1S/C39H36FN.C7H7F.C7H8/c1-23-17-24(2)36-30-21-33-31(22-32(30)38(4,5)34(36)18-23)37-25(3)19-29(20-35(37)39(33,6)7)41(27-11-9-8-10-12-27)28-15-13-26(40)14-16-28;1-6-2-4-7(8)5-3-6;1-7-5-3-2-4-6-7/h8-22H,1-7H3;2-5H,1H3;2-6H,1H3. The highest BCUT2D eigenvalue weighted by Gasteiger charge is 2.43. The Morgan fingerprint density at radius 1 is 0.375 bits per heavy atom. The molecule has 9 rings (SSSR count). The molecule has 7 aromatic rings. The van der Waals surface area contributed by atoms with E-state index >= 15 is 0 Å². The van der Waals surface area contributed by atoms with Crippen molar-refractivity contribution in [2.24, 2.45) is 0 Å². The first kappa shape index (κ1) is 38.5. The molecule has 56 heavy (non-hydrogen) atoms. The molecule has 0 unspecified atom stereocenters. The van der Waals surface area contributed by atoms with Crippen molar-refractivity contribution in [1.82, 2.24) is 0 Å². The number of halogens is 2. The van der Waals surface area contributed by atoms with E-state index in [0.717, 1.165) is 22.6 Å². The van der Waals surface area contributed by atoms with Crippen LogP contribution in [-0.2, 0) is 10.8 Å². The van der Waals surface area contributed by atoms with Crippen LogP contribution in [0.25, 0.3) is 22.3 Å². The SMILES string of the molecule is Cc1cc(C)c2c(c1)C(C)(C)c1cc3c(cc1-2)C(C)(C)c1cc(N(c2ccccc2)c2ccc(F)cc2)cc(C)c1-3.Cc1ccc(F)cc1.Cc1ccccc1. The Hall–Kier alpha value is -5.80. The van der Waals surface area contributed by atoms with Crippen molar-refractivity contribution in [3.05, 3.63) is 207 Å². The van der Waals surface area contributed by atoms with E-state index in [0.29, 0.717) is 0 Å². The summed E-state index contributed by atoms with van der Waals surface area (Å²) >= 11 is 0. The molecule has 0 aliphatic heterocycles. The Bertz CT molecular complexity index is 2490. The van der Waals surface area contributed by atoms with Gasteiger partial charge in [0.25, 0.3) is 0 Å². The van der Waals surface area contributed by atoms with Gasteiger partial charge in [0.2, 0.25) is 0 Å². The van der Waals surface area contributed by atoms with Crippen LogP contribution in [0.15, 0.2) is 146 Å². The van der Waals surface area contributed by atoms with Gasteiger partial charge in [-0.25, -0.2) is 8.78 Å². The van der Waals surface area contributed by atoms with E-state index in [1.807, 2.05) is 43.3 Å². The molecule has 0 saturated heterocycles. The fourth-order valence-electron chi connectivity index (χ4n) is 8.59. The van der Waals surface area contributed by atoms with Crippen LogP contribution in [0.2, 0.25) is 0 Å². The molecule has 0 atom stereocenters. The van der Waals surface area contributed by atoms with Crippen LogP contribution in [-0.4, -0.2) is 0 Å². The topological polar surface area (TPSA) is 3.24 Å². The highest BCUT2D eigenvalue weighted by atomic mass is 19.1. The lowest BCUT2D eigenvalue weighted by Crippen LogP contribution is -2.17. The maximum Gasteiger partial charge on any atom is 0.123 e. The summed E-state index contributed by atoms with van der Waals surface area (Å²) in [5.41, 5.74) is 20.3. The highest BCUT2D eigenvalue weighted by Crippen LogP contribution is 2.58. The van der Waals surface area contributed by atoms with Gasteiger partial charge in [0.15, 0.2) is 0 Å². The third kappa shape index (κ3) is 7.19. The first-order valence-electron chi connectivity index (χ1n) is 19.5. The second-order valence-electron chi connectivity index (χ2n) is 16.5. The number of rotatable bonds is 3. The van der Waals surface area contributed by atoms with Gasteiger partial charge in [0.05, 0.1) is 0 Å². The second-order valence-corrected chi connectivity index (χ2v) is 16.5. The summed E-state index contributed by atoms with van der Waals surface area (Å²) in [5, 5.41) is 0. The normalized spacial score (nSPS) is 13.6. The minimum Gasteiger partial charge on any atom is -0.310 e. The van der Waals surface area contributed by atoms with E-state index < -0.39 is 0 Å². The second kappa shape index (κ2) is 15.0. The number of aryl methyl sites for hydroxylation is 5. The van der Waals surface area contributed by atoms with Crippen molar-refractivity contribution < 1.29 is 8.78 Å². The molecule has 0 bridgehead atoms. The Morgan fingerprint density at radius 3 is 1.29 bits per heavy atom. The van der Waals surface area contributed by atoms with Crippen molar-refractivity contribution in [1.29, 1.82) is 0 Å². The molecule has 3 heteroatoms. The first-order chi connectivity index (χ1) is 26.7. The van der Waals surface area contributed by atoms with Gasteiger partial charge in [-0.05, 0) is 163 Å². The summed E-state index contributed by atoms with van der Waals surface area (Å²) in [6.45, 7) is 20.2. The van der Waals surface area contributed by atoms with Gasteiger partial charge >= 0.3 is 0 Å². The van der Waals surface area contributed by atoms with Gasteiger partial charge in [-0.3, -0.25) is 0 Å². The summed E-state index contributed by atoms with van der Waals surface area (Å²) in [6, 6.07) is 48.2. The van der Waals surface area contributed by atoms with Crippen LogP contribution < -0.4 is 4.90 Å². The number of benzene rings is 7. The Labute approximate surface area is 332 Å². The summed E-state index contributed by atoms with van der Waals surface area (Å²) in [7, 11) is 0. The van der Waals surface area contributed by atoms with Crippen LogP contribution in [0, 0.1) is 46.3 Å². The molecule has 0 radical (unpaired) electrons. The van der Waals surface area contributed by atoms with Crippen molar-refractivity contribution >= 4 is 17.1 Å². The van der Waals surface area contributed by atoms with E-state index in [9.17, 15) is 8.78 Å². The van der Waals surface area contributed by atoms with E-state index in [1.165, 1.54) is 91.0 Å². The zero-order valence-electron chi connectivity index (χ0n) is 34.1. The van der Waals surface area contributed by atoms with Crippen molar-refractivity contribution in [3.63, 3.8) is 0 Å². The maximum absolute atomic E-state index is 13.9. The molecule has 2 aliphatic carbocycles. The van der Waals surface area contributed by atoms with Crippen LogP contribution in [0.3, 0.4) is 0 Å². The molecule has 0 fully saturated rings. The van der Waals surface area contributed by atoms with E-state index in [1.54, 1.807) is 12.1 Å². The number of nitrogens with zero attached hydrogens (tertiary/aromatic N) is 1. The van der Waals surface area contributed by atoms with Gasteiger partial charge in [-0.1, -0.05) is 117 Å². The molecule has 0 spiro atoms. The predicted molar refractivity (Wildman–Crippen MR) is 233 cm³/mol. The third-order valence-corrected chi connectivity index (χ3v) is 11.5. The van der Waals surface area contributed by atoms with E-state index in [2.05, 4.69) is 133 Å². The molecule has 2 aliphatic rings. The molecule has 0 heterocycles. The average Bonchev–Trinajstić information content (AvgIpc) is 3.53. The fraction of sp³-hybridized carbons (Fsp3) is 0.208. The number of hydrogen-bond acceptors (Lipinski definition) is 1. The summed E-state index contributed by atoms with van der Waals surface area (Å²) in [4.78, 5) is 2.23. The number of hydrogen-bond donors (Lipinski definition) is 0. The number of anilines is 3. The summed E-state index contributed by atoms with van der Waals surface area (Å²) in [5.74, 6) is -0.401.